The van der Waals surface area contributed by atoms with Crippen LogP contribution in [0.2, 0.25) is 0 Å². The van der Waals surface area contributed by atoms with E-state index in [4.69, 9.17) is 0 Å². The Labute approximate surface area is 133 Å². The van der Waals surface area contributed by atoms with Crippen molar-refractivity contribution < 1.29 is 4.79 Å². The normalized spacial score (nSPS) is 25.4. The van der Waals surface area contributed by atoms with Gasteiger partial charge in [-0.2, -0.15) is 0 Å². The molecule has 1 aromatic rings. The van der Waals surface area contributed by atoms with E-state index in [1.54, 1.807) is 0 Å². The fraction of sp³-hybridized carbons (Fsp3) is 0.588. The molecule has 0 bridgehead atoms. The van der Waals surface area contributed by atoms with E-state index in [0.29, 0.717) is 0 Å². The van der Waals surface area contributed by atoms with Gasteiger partial charge in [0.25, 0.3) is 0 Å². The lowest BCUT2D eigenvalue weighted by Gasteiger charge is -2.25. The molecule has 1 amide bonds. The summed E-state index contributed by atoms with van der Waals surface area (Å²) in [5.74, 6) is 0.142. The molecule has 1 aliphatic carbocycles. The highest BCUT2D eigenvalue weighted by Crippen LogP contribution is 2.62. The molecule has 1 aliphatic heterocycles. The Hall–Kier alpha value is -1.06. The Morgan fingerprint density at radius 2 is 1.71 bits per heavy atom. The Balaban J connectivity index is 0.00000161. The van der Waals surface area contributed by atoms with Crippen molar-refractivity contribution in [2.24, 2.45) is 10.8 Å². The number of fused-ring (bicyclic) bond motifs is 1. The first-order valence-electron chi connectivity index (χ1n) is 7.44. The van der Waals surface area contributed by atoms with Crippen LogP contribution in [0.15, 0.2) is 24.3 Å². The quantitative estimate of drug-likeness (QED) is 0.882. The lowest BCUT2D eigenvalue weighted by atomic mass is 9.95. The highest BCUT2D eigenvalue weighted by atomic mass is 35.5. The van der Waals surface area contributed by atoms with E-state index in [1.165, 1.54) is 11.1 Å². The number of halogens is 1. The number of benzene rings is 1. The molecule has 1 heterocycles. The summed E-state index contributed by atoms with van der Waals surface area (Å²) in [7, 11) is 0. The fourth-order valence-electron chi connectivity index (χ4n) is 3.44. The van der Waals surface area contributed by atoms with Crippen LogP contribution in [0.4, 0.5) is 0 Å². The zero-order valence-corrected chi connectivity index (χ0v) is 14.0. The Kier molecular flexibility index (Phi) is 4.11. The van der Waals surface area contributed by atoms with Gasteiger partial charge in [0, 0.05) is 12.6 Å². The monoisotopic (exact) mass is 308 g/mol. The highest BCUT2D eigenvalue weighted by Gasteiger charge is 2.65. The first-order valence-corrected chi connectivity index (χ1v) is 7.44. The maximum absolute atomic E-state index is 12.5. The van der Waals surface area contributed by atoms with E-state index >= 15 is 0 Å². The molecule has 1 unspecified atom stereocenters. The van der Waals surface area contributed by atoms with Gasteiger partial charge in [-0.3, -0.25) is 4.79 Å². The van der Waals surface area contributed by atoms with Crippen LogP contribution in [0.5, 0.6) is 0 Å². The third-order valence-electron chi connectivity index (χ3n) is 5.71. The van der Waals surface area contributed by atoms with Gasteiger partial charge in [-0.15, -0.1) is 12.4 Å². The molecule has 1 aromatic carbocycles. The van der Waals surface area contributed by atoms with Crippen LogP contribution in [0.25, 0.3) is 0 Å². The van der Waals surface area contributed by atoms with E-state index in [2.05, 4.69) is 56.5 Å². The zero-order chi connectivity index (χ0) is 14.5. The van der Waals surface area contributed by atoms with Crippen LogP contribution in [0, 0.1) is 10.8 Å². The molecule has 21 heavy (non-hydrogen) atoms. The van der Waals surface area contributed by atoms with Crippen LogP contribution in [-0.4, -0.2) is 18.0 Å². The van der Waals surface area contributed by atoms with Crippen LogP contribution in [0.3, 0.4) is 0 Å². The largest absolute Gasteiger partial charge is 0.351 e. The van der Waals surface area contributed by atoms with Crippen molar-refractivity contribution in [1.29, 1.82) is 0 Å². The van der Waals surface area contributed by atoms with Crippen LogP contribution >= 0.6 is 12.4 Å². The van der Waals surface area contributed by atoms with E-state index in [-0.39, 0.29) is 41.2 Å². The molecule has 0 radical (unpaired) electrons. The van der Waals surface area contributed by atoms with Crippen molar-refractivity contribution in [1.82, 2.24) is 10.6 Å². The number of amides is 1. The maximum atomic E-state index is 12.5. The zero-order valence-electron chi connectivity index (χ0n) is 13.2. The minimum Gasteiger partial charge on any atom is -0.351 e. The molecule has 3 rings (SSSR count). The van der Waals surface area contributed by atoms with E-state index in [1.807, 2.05) is 6.07 Å². The van der Waals surface area contributed by atoms with E-state index in [0.717, 1.165) is 13.0 Å². The predicted octanol–water partition coefficient (Wildman–Crippen LogP) is 2.67. The van der Waals surface area contributed by atoms with Gasteiger partial charge in [-0.05, 0) is 28.4 Å². The fourth-order valence-corrected chi connectivity index (χ4v) is 3.44. The van der Waals surface area contributed by atoms with Crippen molar-refractivity contribution in [2.45, 2.75) is 52.7 Å². The molecule has 0 spiro atoms. The number of carbonyl (C=O) groups is 1. The van der Waals surface area contributed by atoms with Gasteiger partial charge in [-0.1, -0.05) is 52.0 Å². The third-order valence-corrected chi connectivity index (χ3v) is 5.71. The molecule has 1 fully saturated rings. The maximum Gasteiger partial charge on any atom is 0.237 e. The molecular weight excluding hydrogens is 284 g/mol. The molecule has 0 saturated heterocycles. The molecule has 3 nitrogen and oxygen atoms in total. The Morgan fingerprint density at radius 1 is 1.14 bits per heavy atom. The summed E-state index contributed by atoms with van der Waals surface area (Å²) in [6.07, 6.45) is 0.787. The summed E-state index contributed by atoms with van der Waals surface area (Å²) in [6.45, 7) is 9.68. The van der Waals surface area contributed by atoms with E-state index < -0.39 is 0 Å². The smallest absolute Gasteiger partial charge is 0.237 e. The predicted molar refractivity (Wildman–Crippen MR) is 87.5 cm³/mol. The summed E-state index contributed by atoms with van der Waals surface area (Å²) < 4.78 is 0. The lowest BCUT2D eigenvalue weighted by Crippen LogP contribution is -2.49. The Bertz CT molecular complexity index is 539. The van der Waals surface area contributed by atoms with Gasteiger partial charge < -0.3 is 10.6 Å². The molecular formula is C17H25ClN2O. The van der Waals surface area contributed by atoms with Gasteiger partial charge in [0.15, 0.2) is 0 Å². The summed E-state index contributed by atoms with van der Waals surface area (Å²) in [6, 6.07) is 8.53. The molecule has 1 atom stereocenters. The van der Waals surface area contributed by atoms with Crippen molar-refractivity contribution in [3.8, 4) is 0 Å². The van der Waals surface area contributed by atoms with Gasteiger partial charge in [0.1, 0.15) is 0 Å². The second kappa shape index (κ2) is 5.29. The Morgan fingerprint density at radius 3 is 2.29 bits per heavy atom. The molecule has 2 aliphatic rings. The standard InChI is InChI=1S/C17H24N2O.ClH/c1-16(2)15(17(16,3)4)19-14(20)13-9-11-7-5-6-8-12(11)10-18-13;/h5-8,13,15,18H,9-10H2,1-4H3,(H,19,20);1H. The summed E-state index contributed by atoms with van der Waals surface area (Å²) in [4.78, 5) is 12.5. The molecule has 116 valence electrons. The third kappa shape index (κ3) is 2.58. The average molecular weight is 309 g/mol. The number of rotatable bonds is 2. The number of hydrogen-bond acceptors (Lipinski definition) is 2. The second-order valence-electron chi connectivity index (χ2n) is 7.29. The minimum absolute atomic E-state index is 0. The number of nitrogens with one attached hydrogen (secondary N) is 2. The minimum atomic E-state index is -0.0999. The van der Waals surface area contributed by atoms with Crippen LogP contribution in [0.1, 0.15) is 38.8 Å². The van der Waals surface area contributed by atoms with Gasteiger partial charge in [0.05, 0.1) is 6.04 Å². The van der Waals surface area contributed by atoms with Crippen molar-refractivity contribution in [3.05, 3.63) is 35.4 Å². The van der Waals surface area contributed by atoms with Gasteiger partial charge >= 0.3 is 0 Å². The number of hydrogen-bond donors (Lipinski definition) is 2. The van der Waals surface area contributed by atoms with Crippen LogP contribution < -0.4 is 10.6 Å². The molecule has 2 N–H and O–H groups in total. The topological polar surface area (TPSA) is 41.1 Å². The highest BCUT2D eigenvalue weighted by molar-refractivity contribution is 5.85. The summed E-state index contributed by atoms with van der Waals surface area (Å²) in [5.41, 5.74) is 2.98. The van der Waals surface area contributed by atoms with Crippen molar-refractivity contribution >= 4 is 18.3 Å². The average Bonchev–Trinajstić information content (AvgIpc) is 2.80. The van der Waals surface area contributed by atoms with Crippen molar-refractivity contribution in [2.75, 3.05) is 0 Å². The molecule has 1 saturated carbocycles. The first-order chi connectivity index (χ1) is 9.34. The van der Waals surface area contributed by atoms with Gasteiger partial charge in [-0.25, -0.2) is 0 Å². The van der Waals surface area contributed by atoms with Gasteiger partial charge in [0.2, 0.25) is 5.91 Å². The van der Waals surface area contributed by atoms with Crippen LogP contribution in [-0.2, 0) is 17.8 Å². The SMILES string of the molecule is CC1(C)C(NC(=O)C2Cc3ccccc3CN2)C1(C)C.Cl. The summed E-state index contributed by atoms with van der Waals surface area (Å²) in [5, 5.41) is 6.58. The summed E-state index contributed by atoms with van der Waals surface area (Å²) >= 11 is 0. The molecule has 0 aromatic heterocycles. The molecule has 4 heteroatoms. The number of carbonyl (C=O) groups excluding carboxylic acids is 1. The lowest BCUT2D eigenvalue weighted by molar-refractivity contribution is -0.123. The first kappa shape index (κ1) is 16.3. The second-order valence-corrected chi connectivity index (χ2v) is 7.29. The van der Waals surface area contributed by atoms with Crippen molar-refractivity contribution in [3.63, 3.8) is 0 Å². The van der Waals surface area contributed by atoms with E-state index in [9.17, 15) is 4.79 Å².